The molecule has 0 aliphatic heterocycles. The topological polar surface area (TPSA) is 34.1 Å². The zero-order chi connectivity index (χ0) is 14.4. The Morgan fingerprint density at radius 3 is 2.25 bits per heavy atom. The highest BCUT2D eigenvalue weighted by molar-refractivity contribution is 5.46. The van der Waals surface area contributed by atoms with Crippen molar-refractivity contribution in [2.45, 2.75) is 12.8 Å². The van der Waals surface area contributed by atoms with Crippen molar-refractivity contribution in [1.29, 1.82) is 0 Å². The number of rotatable bonds is 5. The molecule has 0 atom stereocenters. The molecule has 2 aromatic rings. The zero-order valence-electron chi connectivity index (χ0n) is 10.5. The maximum Gasteiger partial charge on any atom is 0.573 e. The largest absolute Gasteiger partial charge is 0.573 e. The molecule has 0 bridgehead atoms. The standard InChI is InChI=1S/C14H13F3N2O/c15-14(16,17)20-13-3-1-12(2-4-13)19-10-7-11-5-8-18-9-6-11/h1-6,8-9,19H,7,10H2. The predicted molar refractivity (Wildman–Crippen MR) is 69.6 cm³/mol. The monoisotopic (exact) mass is 282 g/mol. The number of hydrogen-bond donors (Lipinski definition) is 1. The van der Waals surface area contributed by atoms with Gasteiger partial charge in [0.2, 0.25) is 0 Å². The molecular weight excluding hydrogens is 269 g/mol. The Hall–Kier alpha value is -2.24. The van der Waals surface area contributed by atoms with Gasteiger partial charge in [-0.25, -0.2) is 0 Å². The molecule has 106 valence electrons. The summed E-state index contributed by atoms with van der Waals surface area (Å²) in [6.45, 7) is 0.684. The van der Waals surface area contributed by atoms with Crippen LogP contribution in [-0.2, 0) is 6.42 Å². The van der Waals surface area contributed by atoms with Crippen molar-refractivity contribution >= 4 is 5.69 Å². The summed E-state index contributed by atoms with van der Waals surface area (Å²) in [6.07, 6.45) is -0.406. The van der Waals surface area contributed by atoms with Gasteiger partial charge >= 0.3 is 6.36 Å². The summed E-state index contributed by atoms with van der Waals surface area (Å²) in [4.78, 5) is 3.92. The van der Waals surface area contributed by atoms with Gasteiger partial charge in [0.05, 0.1) is 0 Å². The second kappa shape index (κ2) is 6.27. The molecule has 0 fully saturated rings. The Kier molecular flexibility index (Phi) is 4.45. The highest BCUT2D eigenvalue weighted by Crippen LogP contribution is 2.23. The van der Waals surface area contributed by atoms with E-state index >= 15 is 0 Å². The third-order valence-electron chi connectivity index (χ3n) is 2.58. The van der Waals surface area contributed by atoms with E-state index in [1.165, 1.54) is 12.1 Å². The normalized spacial score (nSPS) is 11.2. The van der Waals surface area contributed by atoms with Crippen molar-refractivity contribution in [3.05, 3.63) is 54.4 Å². The Bertz CT molecular complexity index is 526. The molecule has 0 amide bonds. The van der Waals surface area contributed by atoms with Gasteiger partial charge in [-0.15, -0.1) is 13.2 Å². The highest BCUT2D eigenvalue weighted by Gasteiger charge is 2.30. The Labute approximate surface area is 114 Å². The quantitative estimate of drug-likeness (QED) is 0.909. The second-order valence-electron chi connectivity index (χ2n) is 4.10. The molecule has 0 radical (unpaired) electrons. The van der Waals surface area contributed by atoms with Crippen LogP contribution in [0.2, 0.25) is 0 Å². The number of aromatic nitrogens is 1. The first-order valence-corrected chi connectivity index (χ1v) is 6.01. The molecule has 0 spiro atoms. The number of anilines is 1. The van der Waals surface area contributed by atoms with Crippen LogP contribution in [0.1, 0.15) is 5.56 Å². The lowest BCUT2D eigenvalue weighted by molar-refractivity contribution is -0.274. The molecule has 6 heteroatoms. The molecular formula is C14H13F3N2O. The summed E-state index contributed by atoms with van der Waals surface area (Å²) in [5, 5.41) is 3.13. The van der Waals surface area contributed by atoms with Crippen LogP contribution in [-0.4, -0.2) is 17.9 Å². The number of halogens is 3. The second-order valence-corrected chi connectivity index (χ2v) is 4.10. The fraction of sp³-hybridized carbons (Fsp3) is 0.214. The average Bonchev–Trinajstić information content (AvgIpc) is 2.40. The molecule has 1 aromatic heterocycles. The van der Waals surface area contributed by atoms with Crippen LogP contribution in [0.5, 0.6) is 5.75 Å². The van der Waals surface area contributed by atoms with E-state index in [1.807, 2.05) is 12.1 Å². The van der Waals surface area contributed by atoms with Gasteiger partial charge in [0.25, 0.3) is 0 Å². The first kappa shape index (κ1) is 14.2. The van der Waals surface area contributed by atoms with Crippen molar-refractivity contribution in [2.75, 3.05) is 11.9 Å². The lowest BCUT2D eigenvalue weighted by Gasteiger charge is -2.10. The molecule has 3 nitrogen and oxygen atoms in total. The van der Waals surface area contributed by atoms with E-state index in [2.05, 4.69) is 15.0 Å². The van der Waals surface area contributed by atoms with Crippen molar-refractivity contribution in [2.24, 2.45) is 0 Å². The molecule has 1 heterocycles. The minimum atomic E-state index is -4.66. The zero-order valence-corrected chi connectivity index (χ0v) is 10.5. The van der Waals surface area contributed by atoms with Gasteiger partial charge in [0, 0.05) is 24.6 Å². The number of nitrogens with one attached hydrogen (secondary N) is 1. The van der Waals surface area contributed by atoms with Gasteiger partial charge in [-0.1, -0.05) is 0 Å². The van der Waals surface area contributed by atoms with Gasteiger partial charge in [-0.3, -0.25) is 4.98 Å². The number of alkyl halides is 3. The van der Waals surface area contributed by atoms with E-state index in [0.717, 1.165) is 17.7 Å². The van der Waals surface area contributed by atoms with Crippen LogP contribution in [0.15, 0.2) is 48.8 Å². The van der Waals surface area contributed by atoms with Crippen molar-refractivity contribution < 1.29 is 17.9 Å². The number of hydrogen-bond acceptors (Lipinski definition) is 3. The number of nitrogens with zero attached hydrogens (tertiary/aromatic N) is 1. The van der Waals surface area contributed by atoms with E-state index in [0.29, 0.717) is 6.54 Å². The first-order chi connectivity index (χ1) is 9.53. The van der Waals surface area contributed by atoms with Gasteiger partial charge in [0.15, 0.2) is 0 Å². The summed E-state index contributed by atoms with van der Waals surface area (Å²) in [6, 6.07) is 9.50. The molecule has 1 aromatic carbocycles. The van der Waals surface area contributed by atoms with Crippen LogP contribution in [0.25, 0.3) is 0 Å². The first-order valence-electron chi connectivity index (χ1n) is 6.01. The number of benzene rings is 1. The summed E-state index contributed by atoms with van der Waals surface area (Å²) in [7, 11) is 0. The average molecular weight is 282 g/mol. The van der Waals surface area contributed by atoms with E-state index in [-0.39, 0.29) is 5.75 Å². The minimum Gasteiger partial charge on any atom is -0.406 e. The summed E-state index contributed by atoms with van der Waals surface area (Å²) in [5.74, 6) is -0.225. The summed E-state index contributed by atoms with van der Waals surface area (Å²) < 4.78 is 39.8. The van der Waals surface area contributed by atoms with Crippen LogP contribution in [0, 0.1) is 0 Å². The fourth-order valence-corrected chi connectivity index (χ4v) is 1.68. The Balaban J connectivity index is 1.82. The van der Waals surface area contributed by atoms with Gasteiger partial charge < -0.3 is 10.1 Å². The molecule has 2 rings (SSSR count). The Morgan fingerprint density at radius 2 is 1.65 bits per heavy atom. The molecule has 1 N–H and O–H groups in total. The van der Waals surface area contributed by atoms with Crippen molar-refractivity contribution in [1.82, 2.24) is 4.98 Å². The lowest BCUT2D eigenvalue weighted by atomic mass is 10.2. The third kappa shape index (κ3) is 4.79. The smallest absolute Gasteiger partial charge is 0.406 e. The third-order valence-corrected chi connectivity index (χ3v) is 2.58. The van der Waals surface area contributed by atoms with Crippen molar-refractivity contribution in [3.63, 3.8) is 0 Å². The fourth-order valence-electron chi connectivity index (χ4n) is 1.68. The van der Waals surface area contributed by atoms with Gasteiger partial charge in [-0.2, -0.15) is 0 Å². The molecule has 0 saturated heterocycles. The van der Waals surface area contributed by atoms with Crippen LogP contribution >= 0.6 is 0 Å². The number of pyridine rings is 1. The minimum absolute atomic E-state index is 0.225. The van der Waals surface area contributed by atoms with Crippen molar-refractivity contribution in [3.8, 4) is 5.75 Å². The molecule has 20 heavy (non-hydrogen) atoms. The number of ether oxygens (including phenoxy) is 1. The lowest BCUT2D eigenvalue weighted by Crippen LogP contribution is -2.17. The molecule has 0 unspecified atom stereocenters. The van der Waals surface area contributed by atoms with Crippen LogP contribution in [0.4, 0.5) is 18.9 Å². The maximum absolute atomic E-state index is 12.0. The molecule has 0 aliphatic carbocycles. The Morgan fingerprint density at radius 1 is 1.00 bits per heavy atom. The van der Waals surface area contributed by atoms with E-state index in [1.54, 1.807) is 24.5 Å². The van der Waals surface area contributed by atoms with Gasteiger partial charge in [0.1, 0.15) is 5.75 Å². The van der Waals surface area contributed by atoms with Crippen LogP contribution in [0.3, 0.4) is 0 Å². The summed E-state index contributed by atoms with van der Waals surface area (Å²) >= 11 is 0. The summed E-state index contributed by atoms with van der Waals surface area (Å²) in [5.41, 5.74) is 1.89. The van der Waals surface area contributed by atoms with E-state index < -0.39 is 6.36 Å². The highest BCUT2D eigenvalue weighted by atomic mass is 19.4. The molecule has 0 saturated carbocycles. The SMILES string of the molecule is FC(F)(F)Oc1ccc(NCCc2ccncc2)cc1. The predicted octanol–water partition coefficient (Wildman–Crippen LogP) is 3.63. The van der Waals surface area contributed by atoms with Gasteiger partial charge in [-0.05, 0) is 48.4 Å². The molecule has 0 aliphatic rings. The van der Waals surface area contributed by atoms with E-state index in [4.69, 9.17) is 0 Å². The van der Waals surface area contributed by atoms with E-state index in [9.17, 15) is 13.2 Å². The maximum atomic E-state index is 12.0. The van der Waals surface area contributed by atoms with Crippen LogP contribution < -0.4 is 10.1 Å².